The van der Waals surface area contributed by atoms with Gasteiger partial charge in [-0.05, 0) is 36.9 Å². The molecule has 0 spiro atoms. The Morgan fingerprint density at radius 3 is 3.08 bits per heavy atom. The summed E-state index contributed by atoms with van der Waals surface area (Å²) >= 11 is 0. The third-order valence-electron chi connectivity index (χ3n) is 2.18. The average molecular weight is 162 g/mol. The summed E-state index contributed by atoms with van der Waals surface area (Å²) in [6.45, 7) is 2.14. The van der Waals surface area contributed by atoms with Crippen molar-refractivity contribution < 1.29 is 0 Å². The first-order valence-corrected chi connectivity index (χ1v) is 4.55. The predicted octanol–water partition coefficient (Wildman–Crippen LogP) is 1.58. The second-order valence-corrected chi connectivity index (χ2v) is 3.44. The molecule has 1 N–H and O–H groups in total. The molecule has 0 atom stereocenters. The van der Waals surface area contributed by atoms with E-state index in [9.17, 15) is 0 Å². The largest absolute Gasteiger partial charge is 0.312 e. The first kappa shape index (κ1) is 7.74. The molecule has 2 nitrogen and oxygen atoms in total. The quantitative estimate of drug-likeness (QED) is 0.727. The lowest BCUT2D eigenvalue weighted by molar-refractivity contribution is 0.637. The van der Waals surface area contributed by atoms with Crippen molar-refractivity contribution in [1.82, 2.24) is 10.3 Å². The van der Waals surface area contributed by atoms with Gasteiger partial charge in [0.15, 0.2) is 0 Å². The number of rotatable bonds is 4. The molecule has 1 aromatic rings. The monoisotopic (exact) mass is 162 g/mol. The van der Waals surface area contributed by atoms with Gasteiger partial charge in [-0.2, -0.15) is 0 Å². The zero-order valence-electron chi connectivity index (χ0n) is 7.16. The van der Waals surface area contributed by atoms with Gasteiger partial charge >= 0.3 is 0 Å². The summed E-state index contributed by atoms with van der Waals surface area (Å²) in [5.41, 5.74) is 1.28. The molecule has 0 saturated heterocycles. The van der Waals surface area contributed by atoms with Crippen LogP contribution in [-0.4, -0.2) is 11.5 Å². The van der Waals surface area contributed by atoms with Crippen LogP contribution in [0, 0.1) is 5.92 Å². The molecule has 2 rings (SSSR count). The summed E-state index contributed by atoms with van der Waals surface area (Å²) in [6, 6.07) is 4.08. The molecule has 0 bridgehead atoms. The summed E-state index contributed by atoms with van der Waals surface area (Å²) in [6.07, 6.45) is 6.56. The van der Waals surface area contributed by atoms with Gasteiger partial charge in [0.2, 0.25) is 0 Å². The normalized spacial score (nSPS) is 16.3. The van der Waals surface area contributed by atoms with Gasteiger partial charge in [-0.25, -0.2) is 0 Å². The minimum absolute atomic E-state index is 0.960. The molecule has 0 radical (unpaired) electrons. The molecule has 1 aliphatic rings. The highest BCUT2D eigenvalue weighted by atomic mass is 14.9. The van der Waals surface area contributed by atoms with Crippen LogP contribution in [-0.2, 0) is 6.54 Å². The van der Waals surface area contributed by atoms with E-state index >= 15 is 0 Å². The minimum Gasteiger partial charge on any atom is -0.312 e. The van der Waals surface area contributed by atoms with E-state index in [1.54, 1.807) is 0 Å². The molecule has 0 unspecified atom stereocenters. The van der Waals surface area contributed by atoms with Crippen molar-refractivity contribution >= 4 is 0 Å². The first-order valence-electron chi connectivity index (χ1n) is 4.55. The smallest absolute Gasteiger partial charge is 0.0312 e. The van der Waals surface area contributed by atoms with Crippen LogP contribution in [0.5, 0.6) is 0 Å². The Labute approximate surface area is 73.0 Å². The van der Waals surface area contributed by atoms with Crippen molar-refractivity contribution in [2.24, 2.45) is 5.92 Å². The van der Waals surface area contributed by atoms with E-state index in [-0.39, 0.29) is 0 Å². The van der Waals surface area contributed by atoms with E-state index in [1.807, 2.05) is 18.5 Å². The van der Waals surface area contributed by atoms with Crippen LogP contribution in [0.4, 0.5) is 0 Å². The minimum atomic E-state index is 0.960. The van der Waals surface area contributed by atoms with Crippen LogP contribution in [0.3, 0.4) is 0 Å². The molecule has 2 heteroatoms. The van der Waals surface area contributed by atoms with Gasteiger partial charge in [-0.1, -0.05) is 6.07 Å². The summed E-state index contributed by atoms with van der Waals surface area (Å²) in [5.74, 6) is 0.960. The Balaban J connectivity index is 1.72. The lowest BCUT2D eigenvalue weighted by Gasteiger charge is -2.01. The molecule has 1 saturated carbocycles. The molecule has 0 aromatic carbocycles. The first-order chi connectivity index (χ1) is 5.95. The fraction of sp³-hybridized carbons (Fsp3) is 0.500. The second kappa shape index (κ2) is 3.68. The van der Waals surface area contributed by atoms with E-state index in [4.69, 9.17) is 0 Å². The standard InChI is InChI=1S/C10H14N2/c1-2-10(7-11-5-1)8-12-6-9-3-4-9/h1-2,5,7,9,12H,3-4,6,8H2. The van der Waals surface area contributed by atoms with Crippen LogP contribution < -0.4 is 5.32 Å². The SMILES string of the molecule is c1cncc(CNCC2CC2)c1. The van der Waals surface area contributed by atoms with Gasteiger partial charge < -0.3 is 5.32 Å². The number of nitrogens with zero attached hydrogens (tertiary/aromatic N) is 1. The predicted molar refractivity (Wildman–Crippen MR) is 48.7 cm³/mol. The van der Waals surface area contributed by atoms with Gasteiger partial charge in [0.1, 0.15) is 0 Å². The summed E-state index contributed by atoms with van der Waals surface area (Å²) < 4.78 is 0. The van der Waals surface area contributed by atoms with E-state index in [2.05, 4.69) is 16.4 Å². The van der Waals surface area contributed by atoms with Crippen molar-refractivity contribution in [3.05, 3.63) is 30.1 Å². The van der Waals surface area contributed by atoms with Crippen molar-refractivity contribution in [3.8, 4) is 0 Å². The van der Waals surface area contributed by atoms with Gasteiger partial charge in [0, 0.05) is 18.9 Å². The highest BCUT2D eigenvalue weighted by Gasteiger charge is 2.19. The Kier molecular flexibility index (Phi) is 2.37. The van der Waals surface area contributed by atoms with E-state index in [1.165, 1.54) is 24.9 Å². The summed E-state index contributed by atoms with van der Waals surface area (Å²) in [4.78, 5) is 4.06. The van der Waals surface area contributed by atoms with Crippen molar-refractivity contribution in [2.75, 3.05) is 6.54 Å². The molecular weight excluding hydrogens is 148 g/mol. The van der Waals surface area contributed by atoms with E-state index < -0.39 is 0 Å². The molecular formula is C10H14N2. The zero-order valence-corrected chi connectivity index (χ0v) is 7.16. The highest BCUT2D eigenvalue weighted by Crippen LogP contribution is 2.27. The Morgan fingerprint density at radius 1 is 1.50 bits per heavy atom. The number of aromatic nitrogens is 1. The number of pyridine rings is 1. The number of nitrogens with one attached hydrogen (secondary N) is 1. The number of hydrogen-bond donors (Lipinski definition) is 1. The van der Waals surface area contributed by atoms with Crippen molar-refractivity contribution in [1.29, 1.82) is 0 Å². The Hall–Kier alpha value is -0.890. The van der Waals surface area contributed by atoms with Gasteiger partial charge in [0.25, 0.3) is 0 Å². The van der Waals surface area contributed by atoms with Crippen LogP contribution in [0.2, 0.25) is 0 Å². The van der Waals surface area contributed by atoms with Crippen LogP contribution in [0.15, 0.2) is 24.5 Å². The fourth-order valence-corrected chi connectivity index (χ4v) is 1.25. The lowest BCUT2D eigenvalue weighted by atomic mass is 10.3. The van der Waals surface area contributed by atoms with Gasteiger partial charge in [-0.3, -0.25) is 4.98 Å². The van der Waals surface area contributed by atoms with Crippen LogP contribution >= 0.6 is 0 Å². The summed E-state index contributed by atoms with van der Waals surface area (Å²) in [7, 11) is 0. The molecule has 1 aliphatic carbocycles. The maximum Gasteiger partial charge on any atom is 0.0312 e. The van der Waals surface area contributed by atoms with E-state index in [0.717, 1.165) is 12.5 Å². The molecule has 1 fully saturated rings. The van der Waals surface area contributed by atoms with Crippen LogP contribution in [0.1, 0.15) is 18.4 Å². The third-order valence-corrected chi connectivity index (χ3v) is 2.18. The molecule has 64 valence electrons. The molecule has 12 heavy (non-hydrogen) atoms. The maximum absolute atomic E-state index is 4.06. The van der Waals surface area contributed by atoms with Crippen molar-refractivity contribution in [3.63, 3.8) is 0 Å². The average Bonchev–Trinajstić information content (AvgIpc) is 2.90. The van der Waals surface area contributed by atoms with E-state index in [0.29, 0.717) is 0 Å². The lowest BCUT2D eigenvalue weighted by Crippen LogP contribution is -2.15. The molecule has 1 heterocycles. The topological polar surface area (TPSA) is 24.9 Å². The van der Waals surface area contributed by atoms with Gasteiger partial charge in [-0.15, -0.1) is 0 Å². The fourth-order valence-electron chi connectivity index (χ4n) is 1.25. The molecule has 0 aliphatic heterocycles. The highest BCUT2D eigenvalue weighted by molar-refractivity contribution is 5.07. The van der Waals surface area contributed by atoms with Crippen LogP contribution in [0.25, 0.3) is 0 Å². The Morgan fingerprint density at radius 2 is 2.42 bits per heavy atom. The zero-order chi connectivity index (χ0) is 8.23. The summed E-state index contributed by atoms with van der Waals surface area (Å²) in [5, 5.41) is 3.42. The van der Waals surface area contributed by atoms with Crippen molar-refractivity contribution in [2.45, 2.75) is 19.4 Å². The third kappa shape index (κ3) is 2.31. The maximum atomic E-state index is 4.06. The number of hydrogen-bond acceptors (Lipinski definition) is 2. The molecule has 1 aromatic heterocycles. The molecule has 0 amide bonds. The second-order valence-electron chi connectivity index (χ2n) is 3.44. The Bertz CT molecular complexity index is 229. The van der Waals surface area contributed by atoms with Gasteiger partial charge in [0.05, 0.1) is 0 Å².